The highest BCUT2D eigenvalue weighted by Crippen LogP contribution is 2.22. The average molecular weight is 215 g/mol. The third kappa shape index (κ3) is 4.48. The first-order valence-corrected chi connectivity index (χ1v) is 5.57. The van der Waals surface area contributed by atoms with Gasteiger partial charge in [0.2, 0.25) is 0 Å². The molecule has 1 rings (SSSR count). The molecule has 4 N–H and O–H groups in total. The maximum Gasteiger partial charge on any atom is 0.139 e. The largest absolute Gasteiger partial charge is 0.409 e. The van der Waals surface area contributed by atoms with Crippen LogP contribution >= 0.6 is 0 Å². The molecular formula is C10H21N3O2. The Hall–Kier alpha value is -0.810. The Morgan fingerprint density at radius 1 is 1.60 bits per heavy atom. The van der Waals surface area contributed by atoms with Crippen LogP contribution in [0.1, 0.15) is 32.6 Å². The minimum absolute atomic E-state index is 0.303. The van der Waals surface area contributed by atoms with E-state index in [9.17, 15) is 0 Å². The van der Waals surface area contributed by atoms with Crippen LogP contribution in [0.2, 0.25) is 0 Å². The number of oxime groups is 1. The zero-order valence-corrected chi connectivity index (χ0v) is 9.28. The van der Waals surface area contributed by atoms with Crippen LogP contribution in [-0.2, 0) is 4.74 Å². The van der Waals surface area contributed by atoms with Crippen molar-refractivity contribution in [2.24, 2.45) is 10.9 Å². The van der Waals surface area contributed by atoms with E-state index in [0.717, 1.165) is 32.4 Å². The van der Waals surface area contributed by atoms with E-state index in [1.165, 1.54) is 0 Å². The quantitative estimate of drug-likeness (QED) is 0.192. The van der Waals surface area contributed by atoms with Gasteiger partial charge in [-0.2, -0.15) is 0 Å². The van der Waals surface area contributed by atoms with E-state index in [-0.39, 0.29) is 0 Å². The molecule has 1 fully saturated rings. The number of nitrogens with two attached hydrogens (primary N) is 1. The Bertz CT molecular complexity index is 203. The van der Waals surface area contributed by atoms with Crippen molar-refractivity contribution in [3.63, 3.8) is 0 Å². The third-order valence-corrected chi connectivity index (χ3v) is 2.67. The van der Waals surface area contributed by atoms with Crippen LogP contribution in [0.5, 0.6) is 0 Å². The summed E-state index contributed by atoms with van der Waals surface area (Å²) in [5, 5.41) is 14.7. The molecule has 0 radical (unpaired) electrons. The first-order valence-electron chi connectivity index (χ1n) is 5.57. The summed E-state index contributed by atoms with van der Waals surface area (Å²) in [6.07, 6.45) is 4.22. The summed E-state index contributed by atoms with van der Waals surface area (Å²) in [7, 11) is 0. The molecule has 1 saturated carbocycles. The standard InChI is InChI=1S/C10H21N3O2/c1-2-15-9-6-8(7-9)12-5-3-4-10(11)13-14/h8-9,12,14H,2-7H2,1H3,(H2,11,13). The van der Waals surface area contributed by atoms with Crippen LogP contribution in [0.15, 0.2) is 5.16 Å². The lowest BCUT2D eigenvalue weighted by atomic mass is 9.89. The van der Waals surface area contributed by atoms with E-state index in [0.29, 0.717) is 24.4 Å². The zero-order valence-electron chi connectivity index (χ0n) is 9.28. The van der Waals surface area contributed by atoms with Crippen LogP contribution < -0.4 is 11.1 Å². The van der Waals surface area contributed by atoms with Gasteiger partial charge in [0.1, 0.15) is 5.84 Å². The molecule has 5 nitrogen and oxygen atoms in total. The van der Waals surface area contributed by atoms with Gasteiger partial charge in [-0.1, -0.05) is 5.16 Å². The topological polar surface area (TPSA) is 79.9 Å². The van der Waals surface area contributed by atoms with Crippen molar-refractivity contribution in [1.29, 1.82) is 0 Å². The highest BCUT2D eigenvalue weighted by molar-refractivity contribution is 5.79. The van der Waals surface area contributed by atoms with E-state index in [1.807, 2.05) is 6.92 Å². The molecule has 88 valence electrons. The number of nitrogens with one attached hydrogen (secondary N) is 1. The number of rotatable bonds is 7. The first-order chi connectivity index (χ1) is 7.26. The summed E-state index contributed by atoms with van der Waals surface area (Å²) in [6.45, 7) is 3.75. The minimum Gasteiger partial charge on any atom is -0.409 e. The van der Waals surface area contributed by atoms with E-state index in [2.05, 4.69) is 10.5 Å². The molecule has 0 spiro atoms. The molecule has 15 heavy (non-hydrogen) atoms. The number of hydrogen-bond donors (Lipinski definition) is 3. The smallest absolute Gasteiger partial charge is 0.139 e. The van der Waals surface area contributed by atoms with Crippen LogP contribution in [0.4, 0.5) is 0 Å². The van der Waals surface area contributed by atoms with Crippen LogP contribution in [-0.4, -0.2) is 36.3 Å². The predicted octanol–water partition coefficient (Wildman–Crippen LogP) is 0.670. The van der Waals surface area contributed by atoms with Crippen molar-refractivity contribution >= 4 is 5.84 Å². The van der Waals surface area contributed by atoms with Gasteiger partial charge in [-0.15, -0.1) is 0 Å². The average Bonchev–Trinajstić information content (AvgIpc) is 2.19. The molecule has 0 amide bonds. The summed E-state index contributed by atoms with van der Waals surface area (Å²) in [5.74, 6) is 0.303. The van der Waals surface area contributed by atoms with E-state index < -0.39 is 0 Å². The van der Waals surface area contributed by atoms with Crippen molar-refractivity contribution in [2.75, 3.05) is 13.2 Å². The van der Waals surface area contributed by atoms with Crippen LogP contribution in [0.3, 0.4) is 0 Å². The summed E-state index contributed by atoms with van der Waals surface area (Å²) >= 11 is 0. The molecular weight excluding hydrogens is 194 g/mol. The van der Waals surface area contributed by atoms with Crippen molar-refractivity contribution in [3.8, 4) is 0 Å². The highest BCUT2D eigenvalue weighted by atomic mass is 16.5. The van der Waals surface area contributed by atoms with Crippen molar-refractivity contribution < 1.29 is 9.94 Å². The van der Waals surface area contributed by atoms with Gasteiger partial charge in [-0.3, -0.25) is 0 Å². The van der Waals surface area contributed by atoms with Gasteiger partial charge < -0.3 is 21.0 Å². The fourth-order valence-corrected chi connectivity index (χ4v) is 1.73. The van der Waals surface area contributed by atoms with Crippen molar-refractivity contribution in [1.82, 2.24) is 5.32 Å². The second-order valence-corrected chi connectivity index (χ2v) is 3.89. The highest BCUT2D eigenvalue weighted by Gasteiger charge is 2.28. The summed E-state index contributed by atoms with van der Waals surface area (Å²) in [4.78, 5) is 0. The lowest BCUT2D eigenvalue weighted by Gasteiger charge is -2.35. The normalized spacial score (nSPS) is 26.3. The monoisotopic (exact) mass is 215 g/mol. The van der Waals surface area contributed by atoms with Gasteiger partial charge >= 0.3 is 0 Å². The molecule has 0 aromatic rings. The van der Waals surface area contributed by atoms with E-state index in [1.54, 1.807) is 0 Å². The Balaban J connectivity index is 1.90. The molecule has 0 unspecified atom stereocenters. The minimum atomic E-state index is 0.303. The van der Waals surface area contributed by atoms with Gasteiger partial charge in [0.25, 0.3) is 0 Å². The molecule has 0 aromatic heterocycles. The fourth-order valence-electron chi connectivity index (χ4n) is 1.73. The van der Waals surface area contributed by atoms with Crippen molar-refractivity contribution in [3.05, 3.63) is 0 Å². The first kappa shape index (κ1) is 12.3. The Labute approximate surface area is 90.7 Å². The van der Waals surface area contributed by atoms with E-state index >= 15 is 0 Å². The number of amidine groups is 1. The Morgan fingerprint density at radius 2 is 2.33 bits per heavy atom. The molecule has 1 aliphatic carbocycles. The Kier molecular flexibility index (Phi) is 5.42. The summed E-state index contributed by atoms with van der Waals surface area (Å²) in [5.41, 5.74) is 5.35. The molecule has 0 bridgehead atoms. The third-order valence-electron chi connectivity index (χ3n) is 2.67. The van der Waals surface area contributed by atoms with Gasteiger partial charge in [0.05, 0.1) is 6.10 Å². The lowest BCUT2D eigenvalue weighted by molar-refractivity contribution is -0.00970. The van der Waals surface area contributed by atoms with Gasteiger partial charge in [-0.25, -0.2) is 0 Å². The zero-order chi connectivity index (χ0) is 11.1. The maximum absolute atomic E-state index is 8.32. The Morgan fingerprint density at radius 3 is 2.93 bits per heavy atom. The summed E-state index contributed by atoms with van der Waals surface area (Å²) in [6, 6.07) is 0.592. The lowest BCUT2D eigenvalue weighted by Crippen LogP contribution is -2.45. The summed E-state index contributed by atoms with van der Waals surface area (Å²) < 4.78 is 5.46. The van der Waals surface area contributed by atoms with Gasteiger partial charge in [-0.05, 0) is 32.7 Å². The molecule has 0 aliphatic heterocycles. The number of nitrogens with zero attached hydrogens (tertiary/aromatic N) is 1. The molecule has 0 saturated heterocycles. The van der Waals surface area contributed by atoms with Gasteiger partial charge in [0, 0.05) is 19.1 Å². The second-order valence-electron chi connectivity index (χ2n) is 3.89. The molecule has 1 aliphatic rings. The molecule has 0 heterocycles. The predicted molar refractivity (Wildman–Crippen MR) is 59.1 cm³/mol. The van der Waals surface area contributed by atoms with E-state index in [4.69, 9.17) is 15.7 Å². The number of ether oxygens (including phenoxy) is 1. The maximum atomic E-state index is 8.32. The second kappa shape index (κ2) is 6.63. The number of hydrogen-bond acceptors (Lipinski definition) is 4. The van der Waals surface area contributed by atoms with Crippen LogP contribution in [0.25, 0.3) is 0 Å². The van der Waals surface area contributed by atoms with Crippen molar-refractivity contribution in [2.45, 2.75) is 44.8 Å². The van der Waals surface area contributed by atoms with Gasteiger partial charge in [0.15, 0.2) is 0 Å². The fraction of sp³-hybridized carbons (Fsp3) is 0.900. The molecule has 5 heteroatoms. The SMILES string of the molecule is CCOC1CC(NCCCC(N)=NO)C1. The van der Waals surface area contributed by atoms with Crippen LogP contribution in [0, 0.1) is 0 Å². The molecule has 0 atom stereocenters. The molecule has 0 aromatic carbocycles.